The maximum Gasteiger partial charge on any atom is 0.123 e. The van der Waals surface area contributed by atoms with E-state index in [1.54, 1.807) is 7.11 Å². The maximum atomic E-state index is 10.5. The van der Waals surface area contributed by atoms with Crippen LogP contribution in [0.4, 0.5) is 0 Å². The van der Waals surface area contributed by atoms with Gasteiger partial charge in [0.2, 0.25) is 0 Å². The van der Waals surface area contributed by atoms with Crippen LogP contribution in [-0.4, -0.2) is 86.6 Å². The van der Waals surface area contributed by atoms with Crippen LogP contribution in [0.5, 0.6) is 5.75 Å². The van der Waals surface area contributed by atoms with Crippen molar-refractivity contribution in [3.05, 3.63) is 29.8 Å². The number of nitrogens with one attached hydrogen (secondary N) is 1. The van der Waals surface area contributed by atoms with E-state index in [0.717, 1.165) is 64.7 Å². The molecule has 2 N–H and O–H groups in total. The van der Waals surface area contributed by atoms with E-state index in [1.165, 1.54) is 5.56 Å². The van der Waals surface area contributed by atoms with Crippen LogP contribution in [0.25, 0.3) is 0 Å². The highest BCUT2D eigenvalue weighted by Crippen LogP contribution is 2.21. The lowest BCUT2D eigenvalue weighted by atomic mass is 10.0. The van der Waals surface area contributed by atoms with Crippen LogP contribution >= 0.6 is 0 Å². The average molecular weight is 349 g/mol. The van der Waals surface area contributed by atoms with Gasteiger partial charge in [0.1, 0.15) is 5.75 Å². The maximum absolute atomic E-state index is 10.5. The number of methoxy groups -OCH3 is 1. The first-order valence-electron chi connectivity index (χ1n) is 9.32. The third-order valence-corrected chi connectivity index (χ3v) is 5.19. The number of para-hydroxylation sites is 1. The van der Waals surface area contributed by atoms with Crippen LogP contribution in [0, 0.1) is 0 Å². The highest BCUT2D eigenvalue weighted by molar-refractivity contribution is 5.33. The van der Waals surface area contributed by atoms with Crippen LogP contribution in [0.1, 0.15) is 12.0 Å². The molecule has 2 heterocycles. The van der Waals surface area contributed by atoms with Crippen LogP contribution in [-0.2, 0) is 11.3 Å². The van der Waals surface area contributed by atoms with Crippen molar-refractivity contribution in [2.24, 2.45) is 0 Å². The standard InChI is InChI=1S/C19H31N3O3/c1-24-19-5-3-2-4-16(19)14-22-8-6-17(18(23)15-22)20-7-9-21-10-12-25-13-11-21/h2-5,17-18,20,23H,6-15H2,1H3/t17-,18-/m1/s1. The second kappa shape index (κ2) is 9.50. The van der Waals surface area contributed by atoms with Gasteiger partial charge in [-0.1, -0.05) is 18.2 Å². The van der Waals surface area contributed by atoms with Crippen molar-refractivity contribution < 1.29 is 14.6 Å². The Balaban J connectivity index is 1.41. The van der Waals surface area contributed by atoms with E-state index in [9.17, 15) is 5.11 Å². The first-order valence-corrected chi connectivity index (χ1v) is 9.32. The number of nitrogens with zero attached hydrogens (tertiary/aromatic N) is 2. The van der Waals surface area contributed by atoms with Crippen LogP contribution in [0.3, 0.4) is 0 Å². The largest absolute Gasteiger partial charge is 0.496 e. The summed E-state index contributed by atoms with van der Waals surface area (Å²) in [5.74, 6) is 0.919. The molecule has 0 radical (unpaired) electrons. The average Bonchev–Trinajstić information content (AvgIpc) is 2.65. The Morgan fingerprint density at radius 1 is 1.20 bits per heavy atom. The van der Waals surface area contributed by atoms with Crippen molar-refractivity contribution >= 4 is 0 Å². The van der Waals surface area contributed by atoms with Crippen molar-refractivity contribution in [2.45, 2.75) is 25.1 Å². The minimum atomic E-state index is -0.326. The van der Waals surface area contributed by atoms with Gasteiger partial charge in [-0.15, -0.1) is 0 Å². The van der Waals surface area contributed by atoms with Gasteiger partial charge in [-0.05, 0) is 12.5 Å². The number of rotatable bonds is 7. The number of aliphatic hydroxyl groups excluding tert-OH is 1. The fraction of sp³-hybridized carbons (Fsp3) is 0.684. The molecule has 2 fully saturated rings. The van der Waals surface area contributed by atoms with E-state index in [2.05, 4.69) is 21.2 Å². The lowest BCUT2D eigenvalue weighted by molar-refractivity contribution is 0.0267. The molecule has 2 atom stereocenters. The monoisotopic (exact) mass is 349 g/mol. The summed E-state index contributed by atoms with van der Waals surface area (Å²) in [6, 6.07) is 8.30. The Bertz CT molecular complexity index is 522. The van der Waals surface area contributed by atoms with Crippen LogP contribution < -0.4 is 10.1 Å². The molecule has 2 aliphatic heterocycles. The summed E-state index contributed by atoms with van der Waals surface area (Å²) in [4.78, 5) is 4.72. The molecular weight excluding hydrogens is 318 g/mol. The first-order chi connectivity index (χ1) is 12.3. The zero-order valence-corrected chi connectivity index (χ0v) is 15.2. The molecule has 6 heteroatoms. The molecule has 1 aromatic carbocycles. The number of hydrogen-bond acceptors (Lipinski definition) is 6. The molecule has 0 spiro atoms. The third-order valence-electron chi connectivity index (χ3n) is 5.19. The Kier molecular flexibility index (Phi) is 7.07. The Labute approximate surface area is 150 Å². The molecule has 0 amide bonds. The summed E-state index contributed by atoms with van der Waals surface area (Å²) in [7, 11) is 1.71. The predicted molar refractivity (Wildman–Crippen MR) is 97.9 cm³/mol. The second-order valence-electron chi connectivity index (χ2n) is 6.92. The van der Waals surface area contributed by atoms with Gasteiger partial charge in [0.15, 0.2) is 0 Å². The molecule has 1 aromatic rings. The van der Waals surface area contributed by atoms with Crippen molar-refractivity contribution in [3.63, 3.8) is 0 Å². The lowest BCUT2D eigenvalue weighted by Gasteiger charge is -2.37. The molecule has 2 saturated heterocycles. The lowest BCUT2D eigenvalue weighted by Crippen LogP contribution is -2.53. The number of morpholine rings is 1. The van der Waals surface area contributed by atoms with E-state index in [4.69, 9.17) is 9.47 Å². The van der Waals surface area contributed by atoms with Crippen molar-refractivity contribution in [2.75, 3.05) is 59.6 Å². The molecule has 0 saturated carbocycles. The fourth-order valence-electron chi connectivity index (χ4n) is 3.69. The van der Waals surface area contributed by atoms with E-state index in [1.807, 2.05) is 18.2 Å². The summed E-state index contributed by atoms with van der Waals surface area (Å²) >= 11 is 0. The molecule has 3 rings (SSSR count). The zero-order valence-electron chi connectivity index (χ0n) is 15.2. The molecule has 0 bridgehead atoms. The number of benzene rings is 1. The second-order valence-corrected chi connectivity index (χ2v) is 6.92. The summed E-state index contributed by atoms with van der Waals surface area (Å²) in [6.45, 7) is 8.17. The quantitative estimate of drug-likeness (QED) is 0.750. The van der Waals surface area contributed by atoms with Gasteiger partial charge in [-0.2, -0.15) is 0 Å². The van der Waals surface area contributed by atoms with E-state index in [0.29, 0.717) is 6.54 Å². The van der Waals surface area contributed by atoms with Crippen molar-refractivity contribution in [3.8, 4) is 5.75 Å². The number of aliphatic hydroxyl groups is 1. The molecule has 25 heavy (non-hydrogen) atoms. The molecule has 0 unspecified atom stereocenters. The molecule has 140 valence electrons. The summed E-state index contributed by atoms with van der Waals surface area (Å²) in [6.07, 6.45) is 0.646. The molecule has 0 aliphatic carbocycles. The Hall–Kier alpha value is -1.18. The smallest absolute Gasteiger partial charge is 0.123 e. The van der Waals surface area contributed by atoms with E-state index in [-0.39, 0.29) is 12.1 Å². The topological polar surface area (TPSA) is 57.2 Å². The molecule has 2 aliphatic rings. The van der Waals surface area contributed by atoms with Crippen molar-refractivity contribution in [1.29, 1.82) is 0 Å². The first kappa shape index (κ1) is 18.6. The van der Waals surface area contributed by atoms with Crippen molar-refractivity contribution in [1.82, 2.24) is 15.1 Å². The normalized spacial score (nSPS) is 25.8. The highest BCUT2D eigenvalue weighted by atomic mass is 16.5. The van der Waals surface area contributed by atoms with Gasteiger partial charge in [0.05, 0.1) is 26.4 Å². The van der Waals surface area contributed by atoms with Gasteiger partial charge in [0, 0.05) is 57.4 Å². The minimum absolute atomic E-state index is 0.190. The molecular formula is C19H31N3O3. The zero-order chi connectivity index (χ0) is 17.5. The number of piperidine rings is 1. The summed E-state index contributed by atoms with van der Waals surface area (Å²) < 4.78 is 10.8. The van der Waals surface area contributed by atoms with Gasteiger partial charge < -0.3 is 19.9 Å². The van der Waals surface area contributed by atoms with Gasteiger partial charge in [0.25, 0.3) is 0 Å². The number of hydrogen-bond donors (Lipinski definition) is 2. The Morgan fingerprint density at radius 3 is 2.76 bits per heavy atom. The summed E-state index contributed by atoms with van der Waals surface area (Å²) in [5, 5.41) is 14.1. The number of likely N-dealkylation sites (tertiary alicyclic amines) is 1. The van der Waals surface area contributed by atoms with Gasteiger partial charge in [-0.25, -0.2) is 0 Å². The van der Waals surface area contributed by atoms with Crippen LogP contribution in [0.2, 0.25) is 0 Å². The molecule has 0 aromatic heterocycles. The summed E-state index contributed by atoms with van der Waals surface area (Å²) in [5.41, 5.74) is 1.18. The Morgan fingerprint density at radius 2 is 2.00 bits per heavy atom. The highest BCUT2D eigenvalue weighted by Gasteiger charge is 2.27. The molecule has 6 nitrogen and oxygen atoms in total. The predicted octanol–water partition coefficient (Wildman–Crippen LogP) is 0.552. The van der Waals surface area contributed by atoms with E-state index < -0.39 is 0 Å². The fourth-order valence-corrected chi connectivity index (χ4v) is 3.69. The van der Waals surface area contributed by atoms with E-state index >= 15 is 0 Å². The van der Waals surface area contributed by atoms with Gasteiger partial charge in [-0.3, -0.25) is 9.80 Å². The minimum Gasteiger partial charge on any atom is -0.496 e. The third kappa shape index (κ3) is 5.39. The van der Waals surface area contributed by atoms with Crippen LogP contribution in [0.15, 0.2) is 24.3 Å². The van der Waals surface area contributed by atoms with Gasteiger partial charge >= 0.3 is 0 Å². The SMILES string of the molecule is COc1ccccc1CN1CC[C@@H](NCCN2CCOCC2)[C@H](O)C1. The number of β-amino-alcohol motifs (C(OH)–C–C–N with tert-alkyl or cyclic N) is 1. The number of ether oxygens (including phenoxy) is 2.